The number of fused-ring (bicyclic) bond motifs is 1. The minimum absolute atomic E-state index is 0.309. The Morgan fingerprint density at radius 2 is 1.95 bits per heavy atom. The lowest BCUT2D eigenvalue weighted by molar-refractivity contribution is 0.637. The molecule has 21 heavy (non-hydrogen) atoms. The van der Waals surface area contributed by atoms with Gasteiger partial charge in [0.15, 0.2) is 5.82 Å². The van der Waals surface area contributed by atoms with Crippen molar-refractivity contribution >= 4 is 45.8 Å². The Hall–Kier alpha value is -1.29. The second-order valence-electron chi connectivity index (χ2n) is 4.51. The predicted octanol–water partition coefficient (Wildman–Crippen LogP) is 5.25. The standard InChI is InChI=1S/C15H10Cl3FN2/c16-7-6-14-20-15-11(19)2-1-3-13(15)21(14)12-5-4-9(17)8-10(12)18/h1-5,8H,6-7H2. The molecule has 3 aromatic rings. The molecule has 2 nitrogen and oxygen atoms in total. The Labute approximate surface area is 136 Å². The van der Waals surface area contributed by atoms with E-state index < -0.39 is 0 Å². The van der Waals surface area contributed by atoms with Crippen LogP contribution in [0, 0.1) is 5.82 Å². The van der Waals surface area contributed by atoms with Gasteiger partial charge in [0.2, 0.25) is 0 Å². The number of para-hydroxylation sites is 1. The zero-order chi connectivity index (χ0) is 15.0. The topological polar surface area (TPSA) is 17.8 Å². The van der Waals surface area contributed by atoms with Crippen molar-refractivity contribution in [3.8, 4) is 5.69 Å². The molecule has 0 aliphatic carbocycles. The van der Waals surface area contributed by atoms with E-state index in [-0.39, 0.29) is 5.82 Å². The van der Waals surface area contributed by atoms with E-state index >= 15 is 0 Å². The highest BCUT2D eigenvalue weighted by atomic mass is 35.5. The van der Waals surface area contributed by atoms with Crippen LogP contribution >= 0.6 is 34.8 Å². The van der Waals surface area contributed by atoms with Crippen LogP contribution in [-0.4, -0.2) is 15.4 Å². The number of alkyl halides is 1. The third kappa shape index (κ3) is 2.61. The van der Waals surface area contributed by atoms with Gasteiger partial charge in [-0.2, -0.15) is 0 Å². The van der Waals surface area contributed by atoms with E-state index in [2.05, 4.69) is 4.98 Å². The van der Waals surface area contributed by atoms with Crippen molar-refractivity contribution in [2.75, 3.05) is 5.88 Å². The van der Waals surface area contributed by atoms with Gasteiger partial charge in [-0.05, 0) is 30.3 Å². The molecule has 0 saturated carbocycles. The summed E-state index contributed by atoms with van der Waals surface area (Å²) in [6, 6.07) is 9.99. The van der Waals surface area contributed by atoms with E-state index in [1.807, 2.05) is 4.57 Å². The van der Waals surface area contributed by atoms with Gasteiger partial charge in [-0.3, -0.25) is 4.57 Å². The maximum atomic E-state index is 13.9. The number of nitrogens with zero attached hydrogens (tertiary/aromatic N) is 2. The van der Waals surface area contributed by atoms with Crippen LogP contribution in [0.5, 0.6) is 0 Å². The molecule has 0 bridgehead atoms. The monoisotopic (exact) mass is 342 g/mol. The summed E-state index contributed by atoms with van der Waals surface area (Å²) < 4.78 is 15.8. The highest BCUT2D eigenvalue weighted by Gasteiger charge is 2.16. The van der Waals surface area contributed by atoms with Crippen LogP contribution in [0.1, 0.15) is 5.82 Å². The van der Waals surface area contributed by atoms with Crippen molar-refractivity contribution in [3.05, 3.63) is 58.1 Å². The van der Waals surface area contributed by atoms with Crippen molar-refractivity contribution in [3.63, 3.8) is 0 Å². The van der Waals surface area contributed by atoms with Crippen LogP contribution in [0.3, 0.4) is 0 Å². The molecule has 0 unspecified atom stereocenters. The maximum Gasteiger partial charge on any atom is 0.151 e. The molecule has 0 atom stereocenters. The third-order valence-corrected chi connectivity index (χ3v) is 3.90. The number of rotatable bonds is 3. The summed E-state index contributed by atoms with van der Waals surface area (Å²) in [5, 5.41) is 1.01. The first-order valence-corrected chi connectivity index (χ1v) is 7.58. The molecule has 3 rings (SSSR count). The zero-order valence-electron chi connectivity index (χ0n) is 10.8. The second-order valence-corrected chi connectivity index (χ2v) is 5.73. The summed E-state index contributed by atoms with van der Waals surface area (Å²) in [5.74, 6) is 0.678. The Kier molecular flexibility index (Phi) is 4.07. The third-order valence-electron chi connectivity index (χ3n) is 3.17. The van der Waals surface area contributed by atoms with Gasteiger partial charge < -0.3 is 0 Å². The minimum Gasteiger partial charge on any atom is -0.295 e. The molecular weight excluding hydrogens is 334 g/mol. The predicted molar refractivity (Wildman–Crippen MR) is 85.5 cm³/mol. The smallest absolute Gasteiger partial charge is 0.151 e. The molecule has 1 heterocycles. The molecule has 6 heteroatoms. The fraction of sp³-hybridized carbons (Fsp3) is 0.133. The van der Waals surface area contributed by atoms with E-state index in [0.29, 0.717) is 44.9 Å². The molecule has 0 spiro atoms. The zero-order valence-corrected chi connectivity index (χ0v) is 13.1. The van der Waals surface area contributed by atoms with Crippen molar-refractivity contribution < 1.29 is 4.39 Å². The molecule has 108 valence electrons. The first-order valence-electron chi connectivity index (χ1n) is 6.29. The average molecular weight is 344 g/mol. The van der Waals surface area contributed by atoms with E-state index in [0.717, 1.165) is 0 Å². The van der Waals surface area contributed by atoms with Crippen molar-refractivity contribution in [2.45, 2.75) is 6.42 Å². The van der Waals surface area contributed by atoms with Crippen LogP contribution in [0.25, 0.3) is 16.7 Å². The quantitative estimate of drug-likeness (QED) is 0.594. The summed E-state index contributed by atoms with van der Waals surface area (Å²) in [5.41, 5.74) is 1.66. The molecule has 0 fully saturated rings. The summed E-state index contributed by atoms with van der Waals surface area (Å²) >= 11 is 18.0. The lowest BCUT2D eigenvalue weighted by Gasteiger charge is -2.11. The molecule has 0 N–H and O–H groups in total. The summed E-state index contributed by atoms with van der Waals surface area (Å²) in [4.78, 5) is 4.35. The lowest BCUT2D eigenvalue weighted by Crippen LogP contribution is -2.02. The molecule has 0 saturated heterocycles. The lowest BCUT2D eigenvalue weighted by atomic mass is 10.2. The average Bonchev–Trinajstić information content (AvgIpc) is 2.79. The number of hydrogen-bond donors (Lipinski definition) is 0. The van der Waals surface area contributed by atoms with Crippen LogP contribution in [0.15, 0.2) is 36.4 Å². The number of halogens is 4. The van der Waals surface area contributed by atoms with Gasteiger partial charge in [-0.1, -0.05) is 29.3 Å². The number of aryl methyl sites for hydroxylation is 1. The van der Waals surface area contributed by atoms with Gasteiger partial charge in [0, 0.05) is 17.3 Å². The van der Waals surface area contributed by atoms with Gasteiger partial charge in [-0.25, -0.2) is 9.37 Å². The summed E-state index contributed by atoms with van der Waals surface area (Å²) in [7, 11) is 0. The fourth-order valence-electron chi connectivity index (χ4n) is 2.30. The summed E-state index contributed by atoms with van der Waals surface area (Å²) in [6.07, 6.45) is 0.509. The maximum absolute atomic E-state index is 13.9. The van der Waals surface area contributed by atoms with Crippen LogP contribution in [0.4, 0.5) is 4.39 Å². The van der Waals surface area contributed by atoms with Gasteiger partial charge in [0.1, 0.15) is 11.3 Å². The van der Waals surface area contributed by atoms with Gasteiger partial charge in [0.05, 0.1) is 16.2 Å². The molecule has 1 aromatic heterocycles. The number of hydrogen-bond acceptors (Lipinski definition) is 1. The SMILES string of the molecule is Fc1cccc2c1nc(CCCl)n2-c1ccc(Cl)cc1Cl. The molecular formula is C15H10Cl3FN2. The van der Waals surface area contributed by atoms with Crippen LogP contribution in [0.2, 0.25) is 10.0 Å². The Balaban J connectivity index is 2.33. The highest BCUT2D eigenvalue weighted by molar-refractivity contribution is 6.35. The Bertz CT molecular complexity index is 814. The first kappa shape index (κ1) is 14.6. The Morgan fingerprint density at radius 1 is 1.14 bits per heavy atom. The largest absolute Gasteiger partial charge is 0.295 e. The van der Waals surface area contributed by atoms with Gasteiger partial charge >= 0.3 is 0 Å². The molecule has 0 aliphatic rings. The van der Waals surface area contributed by atoms with Gasteiger partial charge in [0.25, 0.3) is 0 Å². The molecule has 0 radical (unpaired) electrons. The van der Waals surface area contributed by atoms with E-state index in [1.54, 1.807) is 30.3 Å². The fourth-order valence-corrected chi connectivity index (χ4v) is 2.96. The van der Waals surface area contributed by atoms with Gasteiger partial charge in [-0.15, -0.1) is 11.6 Å². The Morgan fingerprint density at radius 3 is 2.67 bits per heavy atom. The number of imidazole rings is 1. The van der Waals surface area contributed by atoms with Crippen molar-refractivity contribution in [1.82, 2.24) is 9.55 Å². The minimum atomic E-state index is -0.368. The van der Waals surface area contributed by atoms with Crippen molar-refractivity contribution in [1.29, 1.82) is 0 Å². The van der Waals surface area contributed by atoms with E-state index in [4.69, 9.17) is 34.8 Å². The molecule has 2 aromatic carbocycles. The van der Waals surface area contributed by atoms with Crippen LogP contribution < -0.4 is 0 Å². The van der Waals surface area contributed by atoms with E-state index in [1.165, 1.54) is 6.07 Å². The molecule has 0 aliphatic heterocycles. The molecule has 0 amide bonds. The number of aromatic nitrogens is 2. The highest BCUT2D eigenvalue weighted by Crippen LogP contribution is 2.30. The number of benzene rings is 2. The first-order chi connectivity index (χ1) is 10.1. The normalized spacial score (nSPS) is 11.2. The second kappa shape index (κ2) is 5.84. The van der Waals surface area contributed by atoms with Crippen molar-refractivity contribution in [2.24, 2.45) is 0 Å². The van der Waals surface area contributed by atoms with E-state index in [9.17, 15) is 4.39 Å². The van der Waals surface area contributed by atoms with Crippen LogP contribution in [-0.2, 0) is 6.42 Å². The summed E-state index contributed by atoms with van der Waals surface area (Å²) in [6.45, 7) is 0.